The number of carbonyl (C=O) groups excluding carboxylic acids is 1. The van der Waals surface area contributed by atoms with Gasteiger partial charge in [0.1, 0.15) is 0 Å². The van der Waals surface area contributed by atoms with Gasteiger partial charge in [0.05, 0.1) is 24.3 Å². The molecule has 0 saturated carbocycles. The second-order valence-corrected chi connectivity index (χ2v) is 8.18. The van der Waals surface area contributed by atoms with Crippen LogP contribution in [0.25, 0.3) is 22.3 Å². The molecule has 31 heavy (non-hydrogen) atoms. The SMILES string of the molecule is CC1=C(c2ccccc2)C(CC(=O)c2ccc(-c3ccc(C)cc3)cc2)n2cncc21. The highest BCUT2D eigenvalue weighted by Crippen LogP contribution is 2.44. The van der Waals surface area contributed by atoms with Gasteiger partial charge in [-0.15, -0.1) is 0 Å². The first-order chi connectivity index (χ1) is 15.1. The zero-order valence-electron chi connectivity index (χ0n) is 17.7. The summed E-state index contributed by atoms with van der Waals surface area (Å²) in [6.45, 7) is 4.21. The van der Waals surface area contributed by atoms with E-state index in [4.69, 9.17) is 0 Å². The molecule has 4 aromatic rings. The number of rotatable bonds is 5. The second kappa shape index (κ2) is 7.84. The van der Waals surface area contributed by atoms with E-state index >= 15 is 0 Å². The zero-order chi connectivity index (χ0) is 21.4. The number of hydrogen-bond acceptors (Lipinski definition) is 2. The summed E-state index contributed by atoms with van der Waals surface area (Å²) in [5.41, 5.74) is 8.92. The number of Topliss-reactive ketones (excluding diaryl/α,β-unsaturated/α-hetero) is 1. The van der Waals surface area contributed by atoms with Crippen molar-refractivity contribution in [3.63, 3.8) is 0 Å². The molecule has 1 aliphatic rings. The third-order valence-electron chi connectivity index (χ3n) is 6.18. The maximum atomic E-state index is 13.3. The number of hydrogen-bond donors (Lipinski definition) is 0. The van der Waals surface area contributed by atoms with Crippen LogP contribution in [-0.4, -0.2) is 15.3 Å². The Morgan fingerprint density at radius 2 is 1.48 bits per heavy atom. The molecule has 2 heterocycles. The predicted molar refractivity (Wildman–Crippen MR) is 126 cm³/mol. The first-order valence-electron chi connectivity index (χ1n) is 10.6. The average molecular weight is 405 g/mol. The van der Waals surface area contributed by atoms with Gasteiger partial charge in [-0.3, -0.25) is 4.79 Å². The van der Waals surface area contributed by atoms with E-state index < -0.39 is 0 Å². The Morgan fingerprint density at radius 1 is 0.839 bits per heavy atom. The number of benzene rings is 3. The Bertz CT molecular complexity index is 1260. The molecule has 3 heteroatoms. The third kappa shape index (κ3) is 3.53. The fourth-order valence-corrected chi connectivity index (χ4v) is 4.49. The van der Waals surface area contributed by atoms with E-state index in [1.54, 1.807) is 0 Å². The van der Waals surface area contributed by atoms with Crippen molar-refractivity contribution in [2.24, 2.45) is 0 Å². The van der Waals surface area contributed by atoms with Crippen LogP contribution in [0.5, 0.6) is 0 Å². The number of aromatic nitrogens is 2. The molecule has 0 fully saturated rings. The largest absolute Gasteiger partial charge is 0.323 e. The van der Waals surface area contributed by atoms with Gasteiger partial charge in [0.2, 0.25) is 0 Å². The summed E-state index contributed by atoms with van der Waals surface area (Å²) in [4.78, 5) is 17.6. The lowest BCUT2D eigenvalue weighted by molar-refractivity contribution is 0.0972. The number of imidazole rings is 1. The molecule has 1 aromatic heterocycles. The first kappa shape index (κ1) is 19.3. The topological polar surface area (TPSA) is 34.9 Å². The van der Waals surface area contributed by atoms with Gasteiger partial charge < -0.3 is 4.57 Å². The van der Waals surface area contributed by atoms with Crippen molar-refractivity contribution in [1.29, 1.82) is 0 Å². The van der Waals surface area contributed by atoms with Gasteiger partial charge in [-0.25, -0.2) is 4.98 Å². The quantitative estimate of drug-likeness (QED) is 0.351. The highest BCUT2D eigenvalue weighted by atomic mass is 16.1. The van der Waals surface area contributed by atoms with Crippen LogP contribution in [0.15, 0.2) is 91.4 Å². The Hall–Kier alpha value is -3.72. The van der Waals surface area contributed by atoms with Gasteiger partial charge in [0.15, 0.2) is 5.78 Å². The van der Waals surface area contributed by atoms with E-state index in [-0.39, 0.29) is 11.8 Å². The molecule has 0 N–H and O–H groups in total. The minimum Gasteiger partial charge on any atom is -0.323 e. The van der Waals surface area contributed by atoms with E-state index in [0.29, 0.717) is 6.42 Å². The van der Waals surface area contributed by atoms with Gasteiger partial charge in [-0.05, 0) is 41.7 Å². The summed E-state index contributed by atoms with van der Waals surface area (Å²) in [5, 5.41) is 0. The van der Waals surface area contributed by atoms with Crippen LogP contribution in [0.2, 0.25) is 0 Å². The molecule has 0 spiro atoms. The van der Waals surface area contributed by atoms with Crippen LogP contribution in [0, 0.1) is 6.92 Å². The molecular weight excluding hydrogens is 380 g/mol. The summed E-state index contributed by atoms with van der Waals surface area (Å²) in [6, 6.07) is 26.7. The lowest BCUT2D eigenvalue weighted by atomic mass is 9.91. The Morgan fingerprint density at radius 3 is 2.16 bits per heavy atom. The minimum atomic E-state index is -0.0378. The molecule has 3 aromatic carbocycles. The van der Waals surface area contributed by atoms with Crippen LogP contribution >= 0.6 is 0 Å². The molecule has 0 saturated heterocycles. The molecule has 0 aliphatic carbocycles. The highest BCUT2D eigenvalue weighted by molar-refractivity contribution is 6.01. The fraction of sp³-hybridized carbons (Fsp3) is 0.143. The summed E-state index contributed by atoms with van der Waals surface area (Å²) < 4.78 is 2.14. The Labute approximate surface area is 182 Å². The van der Waals surface area contributed by atoms with Crippen LogP contribution in [0.1, 0.15) is 46.6 Å². The molecule has 5 rings (SSSR count). The standard InChI is InChI=1S/C28H24N2O/c1-19-8-10-21(11-9-19)22-12-14-23(15-13-22)27(31)16-25-28(24-6-4-3-5-7-24)20(2)26-17-29-18-30(25)26/h3-15,17-18,25H,16H2,1-2H3. The predicted octanol–water partition coefficient (Wildman–Crippen LogP) is 6.62. The van der Waals surface area contributed by atoms with Gasteiger partial charge in [-0.2, -0.15) is 0 Å². The van der Waals surface area contributed by atoms with Crippen LogP contribution in [0.3, 0.4) is 0 Å². The zero-order valence-corrected chi connectivity index (χ0v) is 17.7. The van der Waals surface area contributed by atoms with Gasteiger partial charge >= 0.3 is 0 Å². The number of ketones is 1. The number of carbonyl (C=O) groups is 1. The number of fused-ring (bicyclic) bond motifs is 1. The van der Waals surface area contributed by atoms with Gasteiger partial charge in [-0.1, -0.05) is 84.4 Å². The van der Waals surface area contributed by atoms with Crippen LogP contribution < -0.4 is 0 Å². The summed E-state index contributed by atoms with van der Waals surface area (Å²) >= 11 is 0. The fourth-order valence-electron chi connectivity index (χ4n) is 4.49. The first-order valence-corrected chi connectivity index (χ1v) is 10.6. The Balaban J connectivity index is 1.42. The van der Waals surface area contributed by atoms with Crippen molar-refractivity contribution < 1.29 is 4.79 Å². The molecule has 0 bridgehead atoms. The molecule has 1 atom stereocenters. The second-order valence-electron chi connectivity index (χ2n) is 8.18. The summed E-state index contributed by atoms with van der Waals surface area (Å²) in [6.07, 6.45) is 4.14. The van der Waals surface area contributed by atoms with Crippen molar-refractivity contribution in [3.05, 3.63) is 114 Å². The smallest absolute Gasteiger partial charge is 0.165 e. The summed E-state index contributed by atoms with van der Waals surface area (Å²) in [5.74, 6) is 0.142. The van der Waals surface area contributed by atoms with Crippen molar-refractivity contribution in [2.45, 2.75) is 26.3 Å². The molecule has 152 valence electrons. The average Bonchev–Trinajstić information content (AvgIpc) is 3.38. The number of aryl methyl sites for hydroxylation is 1. The van der Waals surface area contributed by atoms with Crippen molar-refractivity contribution >= 4 is 16.9 Å². The van der Waals surface area contributed by atoms with Crippen molar-refractivity contribution in [3.8, 4) is 11.1 Å². The molecule has 3 nitrogen and oxygen atoms in total. The molecule has 0 amide bonds. The number of allylic oxidation sites excluding steroid dienone is 2. The molecular formula is C28H24N2O. The lowest BCUT2D eigenvalue weighted by Gasteiger charge is -2.18. The van der Waals surface area contributed by atoms with E-state index in [1.807, 2.05) is 55.0 Å². The maximum absolute atomic E-state index is 13.3. The highest BCUT2D eigenvalue weighted by Gasteiger charge is 2.31. The van der Waals surface area contributed by atoms with Gasteiger partial charge in [0, 0.05) is 12.0 Å². The maximum Gasteiger partial charge on any atom is 0.165 e. The third-order valence-corrected chi connectivity index (χ3v) is 6.18. The van der Waals surface area contributed by atoms with E-state index in [2.05, 4.69) is 59.8 Å². The van der Waals surface area contributed by atoms with E-state index in [0.717, 1.165) is 27.9 Å². The van der Waals surface area contributed by atoms with Gasteiger partial charge in [0.25, 0.3) is 0 Å². The van der Waals surface area contributed by atoms with E-state index in [1.165, 1.54) is 16.7 Å². The summed E-state index contributed by atoms with van der Waals surface area (Å²) in [7, 11) is 0. The normalized spacial score (nSPS) is 15.2. The Kier molecular flexibility index (Phi) is 4.87. The van der Waals surface area contributed by atoms with Crippen LogP contribution in [-0.2, 0) is 0 Å². The minimum absolute atomic E-state index is 0.0378. The molecule has 0 radical (unpaired) electrons. The molecule has 1 aliphatic heterocycles. The lowest BCUT2D eigenvalue weighted by Crippen LogP contribution is -2.13. The number of nitrogens with zero attached hydrogens (tertiary/aromatic N) is 2. The van der Waals surface area contributed by atoms with E-state index in [9.17, 15) is 4.79 Å². The van der Waals surface area contributed by atoms with Crippen molar-refractivity contribution in [2.75, 3.05) is 0 Å². The van der Waals surface area contributed by atoms with Crippen molar-refractivity contribution in [1.82, 2.24) is 9.55 Å². The van der Waals surface area contributed by atoms with Crippen LogP contribution in [0.4, 0.5) is 0 Å². The molecule has 1 unspecified atom stereocenters. The monoisotopic (exact) mass is 404 g/mol.